The van der Waals surface area contributed by atoms with Crippen molar-refractivity contribution in [2.45, 2.75) is 20.3 Å². The summed E-state index contributed by atoms with van der Waals surface area (Å²) in [6, 6.07) is 13.0. The normalized spacial score (nSPS) is 16.2. The lowest BCUT2D eigenvalue weighted by molar-refractivity contribution is -0.151. The fourth-order valence-electron chi connectivity index (χ4n) is 3.13. The number of hydrogen-bond donors (Lipinski definition) is 1. The van der Waals surface area contributed by atoms with Crippen LogP contribution in [0.5, 0.6) is 0 Å². The summed E-state index contributed by atoms with van der Waals surface area (Å²) in [5.74, 6) is -1.66. The molecule has 1 saturated heterocycles. The number of esters is 1. The third-order valence-electron chi connectivity index (χ3n) is 4.60. The number of rotatable bonds is 5. The van der Waals surface area contributed by atoms with Gasteiger partial charge in [-0.15, -0.1) is 0 Å². The SMILES string of the molecule is Cc1ccc(NC(=O)COC(=O)[C@@H]2CC(=O)N(c3ccc(Br)cc3)C2)c(C)c1. The average Bonchev–Trinajstić information content (AvgIpc) is 3.04. The van der Waals surface area contributed by atoms with E-state index in [-0.39, 0.29) is 25.5 Å². The van der Waals surface area contributed by atoms with Gasteiger partial charge in [-0.1, -0.05) is 33.6 Å². The second-order valence-electron chi connectivity index (χ2n) is 6.86. The van der Waals surface area contributed by atoms with Gasteiger partial charge in [-0.3, -0.25) is 14.4 Å². The molecule has 146 valence electrons. The maximum absolute atomic E-state index is 12.3. The predicted molar refractivity (Wildman–Crippen MR) is 110 cm³/mol. The first-order valence-corrected chi connectivity index (χ1v) is 9.72. The van der Waals surface area contributed by atoms with Gasteiger partial charge < -0.3 is 15.0 Å². The van der Waals surface area contributed by atoms with Gasteiger partial charge in [0, 0.05) is 28.8 Å². The average molecular weight is 445 g/mol. The van der Waals surface area contributed by atoms with Crippen LogP contribution in [0.4, 0.5) is 11.4 Å². The first-order chi connectivity index (χ1) is 13.3. The van der Waals surface area contributed by atoms with E-state index in [4.69, 9.17) is 4.74 Å². The third-order valence-corrected chi connectivity index (χ3v) is 5.13. The van der Waals surface area contributed by atoms with Crippen molar-refractivity contribution < 1.29 is 19.1 Å². The largest absolute Gasteiger partial charge is 0.455 e. The van der Waals surface area contributed by atoms with Crippen LogP contribution in [-0.4, -0.2) is 30.9 Å². The standard InChI is InChI=1S/C21H21BrN2O4/c1-13-3-8-18(14(2)9-13)23-19(25)12-28-21(27)15-10-20(26)24(11-15)17-6-4-16(22)5-7-17/h3-9,15H,10-12H2,1-2H3,(H,23,25)/t15-/m1/s1. The van der Waals surface area contributed by atoms with Gasteiger partial charge in [0.1, 0.15) is 0 Å². The van der Waals surface area contributed by atoms with E-state index in [9.17, 15) is 14.4 Å². The van der Waals surface area contributed by atoms with Gasteiger partial charge in [0.15, 0.2) is 6.61 Å². The first kappa shape index (κ1) is 20.1. The molecule has 0 spiro atoms. The zero-order valence-electron chi connectivity index (χ0n) is 15.7. The van der Waals surface area contributed by atoms with Gasteiger partial charge in [-0.05, 0) is 49.7 Å². The van der Waals surface area contributed by atoms with Crippen LogP contribution in [0.3, 0.4) is 0 Å². The number of anilines is 2. The summed E-state index contributed by atoms with van der Waals surface area (Å²) in [6.07, 6.45) is 0.0770. The molecule has 6 nitrogen and oxygen atoms in total. The van der Waals surface area contributed by atoms with E-state index in [1.54, 1.807) is 4.90 Å². The molecule has 1 atom stereocenters. The van der Waals surface area contributed by atoms with E-state index in [0.717, 1.165) is 21.3 Å². The molecule has 2 aromatic rings. The molecule has 0 bridgehead atoms. The molecule has 1 heterocycles. The van der Waals surface area contributed by atoms with E-state index >= 15 is 0 Å². The Kier molecular flexibility index (Phi) is 6.14. The molecule has 0 aliphatic carbocycles. The Labute approximate surface area is 172 Å². The smallest absolute Gasteiger partial charge is 0.311 e. The number of aryl methyl sites for hydroxylation is 2. The molecule has 1 fully saturated rings. The molecule has 28 heavy (non-hydrogen) atoms. The monoisotopic (exact) mass is 444 g/mol. The second kappa shape index (κ2) is 8.56. The molecule has 1 N–H and O–H groups in total. The first-order valence-electron chi connectivity index (χ1n) is 8.93. The Morgan fingerprint density at radius 3 is 2.57 bits per heavy atom. The molecular formula is C21H21BrN2O4. The van der Waals surface area contributed by atoms with Crippen LogP contribution >= 0.6 is 15.9 Å². The van der Waals surface area contributed by atoms with E-state index in [0.29, 0.717) is 5.69 Å². The van der Waals surface area contributed by atoms with Gasteiger partial charge in [-0.2, -0.15) is 0 Å². The number of amides is 2. The summed E-state index contributed by atoms with van der Waals surface area (Å²) in [5.41, 5.74) is 3.45. The minimum absolute atomic E-state index is 0.0770. The molecule has 2 aromatic carbocycles. The molecule has 0 radical (unpaired) electrons. The highest BCUT2D eigenvalue weighted by atomic mass is 79.9. The number of nitrogens with one attached hydrogen (secondary N) is 1. The van der Waals surface area contributed by atoms with Crippen LogP contribution in [0.2, 0.25) is 0 Å². The zero-order chi connectivity index (χ0) is 20.3. The Balaban J connectivity index is 1.53. The van der Waals surface area contributed by atoms with Crippen LogP contribution in [0.25, 0.3) is 0 Å². The number of halogens is 1. The highest BCUT2D eigenvalue weighted by molar-refractivity contribution is 9.10. The number of benzene rings is 2. The fraction of sp³-hybridized carbons (Fsp3) is 0.286. The molecule has 0 saturated carbocycles. The topological polar surface area (TPSA) is 75.7 Å². The molecule has 1 aliphatic rings. The Morgan fingerprint density at radius 2 is 1.89 bits per heavy atom. The maximum atomic E-state index is 12.3. The van der Waals surface area contributed by atoms with Gasteiger partial charge in [0.2, 0.25) is 5.91 Å². The van der Waals surface area contributed by atoms with Gasteiger partial charge in [-0.25, -0.2) is 0 Å². The van der Waals surface area contributed by atoms with Crippen molar-refractivity contribution in [3.05, 3.63) is 58.1 Å². The maximum Gasteiger partial charge on any atom is 0.311 e. The van der Waals surface area contributed by atoms with Crippen molar-refractivity contribution >= 4 is 45.1 Å². The van der Waals surface area contributed by atoms with Crippen molar-refractivity contribution in [3.8, 4) is 0 Å². The highest BCUT2D eigenvalue weighted by Crippen LogP contribution is 2.27. The molecule has 0 unspecified atom stereocenters. The van der Waals surface area contributed by atoms with Crippen molar-refractivity contribution in [2.24, 2.45) is 5.92 Å². The van der Waals surface area contributed by atoms with Crippen LogP contribution in [0.1, 0.15) is 17.5 Å². The van der Waals surface area contributed by atoms with E-state index < -0.39 is 17.8 Å². The number of hydrogen-bond acceptors (Lipinski definition) is 4. The van der Waals surface area contributed by atoms with E-state index in [1.807, 2.05) is 56.3 Å². The second-order valence-corrected chi connectivity index (χ2v) is 7.77. The lowest BCUT2D eigenvalue weighted by Crippen LogP contribution is -2.28. The van der Waals surface area contributed by atoms with Crippen LogP contribution < -0.4 is 10.2 Å². The van der Waals surface area contributed by atoms with Crippen molar-refractivity contribution in [1.29, 1.82) is 0 Å². The van der Waals surface area contributed by atoms with E-state index in [2.05, 4.69) is 21.2 Å². The Bertz CT molecular complexity index is 911. The molecule has 1 aliphatic heterocycles. The van der Waals surface area contributed by atoms with Crippen LogP contribution in [0, 0.1) is 19.8 Å². The van der Waals surface area contributed by atoms with Crippen LogP contribution in [0.15, 0.2) is 46.9 Å². The van der Waals surface area contributed by atoms with Crippen molar-refractivity contribution in [3.63, 3.8) is 0 Å². The predicted octanol–water partition coefficient (Wildman–Crippen LogP) is 3.60. The zero-order valence-corrected chi connectivity index (χ0v) is 17.3. The molecule has 2 amide bonds. The van der Waals surface area contributed by atoms with Crippen LogP contribution in [-0.2, 0) is 19.1 Å². The number of carbonyl (C=O) groups excluding carboxylic acids is 3. The molecular weight excluding hydrogens is 424 g/mol. The van der Waals surface area contributed by atoms with Crippen molar-refractivity contribution in [2.75, 3.05) is 23.4 Å². The summed E-state index contributed by atoms with van der Waals surface area (Å²) in [5, 5.41) is 2.73. The summed E-state index contributed by atoms with van der Waals surface area (Å²) >= 11 is 3.35. The molecule has 3 rings (SSSR count). The fourth-order valence-corrected chi connectivity index (χ4v) is 3.40. The third kappa shape index (κ3) is 4.78. The number of nitrogens with zero attached hydrogens (tertiary/aromatic N) is 1. The Hall–Kier alpha value is -2.67. The summed E-state index contributed by atoms with van der Waals surface area (Å²) in [6.45, 7) is 3.74. The molecule has 0 aromatic heterocycles. The van der Waals surface area contributed by atoms with Crippen molar-refractivity contribution in [1.82, 2.24) is 0 Å². The van der Waals surface area contributed by atoms with Gasteiger partial charge in [0.25, 0.3) is 5.91 Å². The number of carbonyl (C=O) groups is 3. The van der Waals surface area contributed by atoms with Gasteiger partial charge >= 0.3 is 5.97 Å². The number of ether oxygens (including phenoxy) is 1. The minimum atomic E-state index is -0.579. The summed E-state index contributed by atoms with van der Waals surface area (Å²) < 4.78 is 6.05. The quantitative estimate of drug-likeness (QED) is 0.714. The van der Waals surface area contributed by atoms with Gasteiger partial charge in [0.05, 0.1) is 5.92 Å². The minimum Gasteiger partial charge on any atom is -0.455 e. The summed E-state index contributed by atoms with van der Waals surface area (Å²) in [4.78, 5) is 38.2. The Morgan fingerprint density at radius 1 is 1.18 bits per heavy atom. The highest BCUT2D eigenvalue weighted by Gasteiger charge is 2.36. The summed E-state index contributed by atoms with van der Waals surface area (Å²) in [7, 11) is 0. The lowest BCUT2D eigenvalue weighted by Gasteiger charge is -2.16. The lowest BCUT2D eigenvalue weighted by atomic mass is 10.1. The molecule has 7 heteroatoms. The van der Waals surface area contributed by atoms with E-state index in [1.165, 1.54) is 0 Å².